The van der Waals surface area contributed by atoms with Gasteiger partial charge < -0.3 is 5.11 Å². The molecule has 0 aliphatic heterocycles. The second-order valence-corrected chi connectivity index (χ2v) is 5.25. The van der Waals surface area contributed by atoms with Crippen LogP contribution in [-0.2, 0) is 0 Å². The van der Waals surface area contributed by atoms with Gasteiger partial charge in [-0.1, -0.05) is 23.2 Å². The molecule has 0 aliphatic carbocycles. The molecule has 2 aromatic heterocycles. The van der Waals surface area contributed by atoms with Crippen molar-refractivity contribution in [1.29, 1.82) is 0 Å². The molecule has 0 atom stereocenters. The molecular weight excluding hydrogens is 323 g/mol. The summed E-state index contributed by atoms with van der Waals surface area (Å²) in [4.78, 5) is 8.20. The summed E-state index contributed by atoms with van der Waals surface area (Å²) in [6.45, 7) is 0. The Bertz CT molecular complexity index is 853. The molecule has 0 saturated carbocycles. The zero-order valence-corrected chi connectivity index (χ0v) is 12.7. The van der Waals surface area contributed by atoms with Gasteiger partial charge in [0.25, 0.3) is 0 Å². The minimum Gasteiger partial charge on any atom is -0.504 e. The van der Waals surface area contributed by atoms with Crippen LogP contribution >= 0.6 is 23.2 Å². The molecule has 0 amide bonds. The molecule has 3 aromatic rings. The number of nitrogens with zero attached hydrogens (tertiary/aromatic N) is 3. The van der Waals surface area contributed by atoms with Crippen molar-refractivity contribution in [3.63, 3.8) is 0 Å². The zero-order chi connectivity index (χ0) is 15.5. The largest absolute Gasteiger partial charge is 0.504 e. The minimum absolute atomic E-state index is 0.108. The van der Waals surface area contributed by atoms with Crippen LogP contribution in [0, 0.1) is 0 Å². The summed E-state index contributed by atoms with van der Waals surface area (Å²) in [7, 11) is 0. The van der Waals surface area contributed by atoms with Gasteiger partial charge in [0.05, 0.1) is 16.3 Å². The molecule has 0 saturated heterocycles. The smallest absolute Gasteiger partial charge is 0.160 e. The van der Waals surface area contributed by atoms with Crippen molar-refractivity contribution in [3.05, 3.63) is 58.3 Å². The van der Waals surface area contributed by atoms with Crippen molar-refractivity contribution >= 4 is 46.1 Å². The highest BCUT2D eigenvalue weighted by Crippen LogP contribution is 2.36. The van der Waals surface area contributed by atoms with Gasteiger partial charge in [-0.15, -0.1) is 0 Å². The number of hydrazone groups is 1. The van der Waals surface area contributed by atoms with Crippen LogP contribution in [0.1, 0.15) is 5.56 Å². The van der Waals surface area contributed by atoms with Crippen LogP contribution in [0.25, 0.3) is 10.9 Å². The van der Waals surface area contributed by atoms with Crippen molar-refractivity contribution in [2.45, 2.75) is 0 Å². The molecule has 7 heteroatoms. The molecule has 0 fully saturated rings. The van der Waals surface area contributed by atoms with E-state index in [2.05, 4.69) is 20.5 Å². The number of fused-ring (bicyclic) bond motifs is 1. The van der Waals surface area contributed by atoms with E-state index in [0.717, 1.165) is 5.56 Å². The van der Waals surface area contributed by atoms with E-state index < -0.39 is 0 Å². The second kappa shape index (κ2) is 6.17. The number of phenols is 1. The topological polar surface area (TPSA) is 70.4 Å². The van der Waals surface area contributed by atoms with E-state index in [-0.39, 0.29) is 10.8 Å². The second-order valence-electron chi connectivity index (χ2n) is 4.43. The average molecular weight is 333 g/mol. The van der Waals surface area contributed by atoms with Gasteiger partial charge in [0.15, 0.2) is 5.75 Å². The van der Waals surface area contributed by atoms with Gasteiger partial charge in [-0.2, -0.15) is 5.10 Å². The molecule has 110 valence electrons. The number of pyridine rings is 2. The highest BCUT2D eigenvalue weighted by atomic mass is 35.5. The Hall–Kier alpha value is -2.37. The first kappa shape index (κ1) is 14.6. The number of anilines is 1. The van der Waals surface area contributed by atoms with Gasteiger partial charge in [0, 0.05) is 17.8 Å². The highest BCUT2D eigenvalue weighted by Gasteiger charge is 2.11. The maximum atomic E-state index is 9.98. The lowest BCUT2D eigenvalue weighted by molar-refractivity contribution is 0.480. The van der Waals surface area contributed by atoms with E-state index in [1.54, 1.807) is 30.7 Å². The fourth-order valence-electron chi connectivity index (χ4n) is 1.89. The van der Waals surface area contributed by atoms with Gasteiger partial charge in [-0.05, 0) is 35.9 Å². The van der Waals surface area contributed by atoms with Crippen LogP contribution in [0.4, 0.5) is 5.82 Å². The summed E-state index contributed by atoms with van der Waals surface area (Å²) in [5, 5.41) is 15.3. The molecule has 0 radical (unpaired) electrons. The quantitative estimate of drug-likeness (QED) is 0.559. The lowest BCUT2D eigenvalue weighted by Crippen LogP contribution is -1.94. The Morgan fingerprint density at radius 2 is 1.86 bits per heavy atom. The number of halogens is 2. The number of nitrogens with one attached hydrogen (secondary N) is 1. The SMILES string of the molecule is Oc1c(Cl)cc(Cl)c2ccc(N/N=C\c3ccncc3)nc12. The Labute approximate surface area is 136 Å². The van der Waals surface area contributed by atoms with Crippen molar-refractivity contribution in [2.75, 3.05) is 5.43 Å². The normalized spacial score (nSPS) is 11.2. The molecular formula is C15H10Cl2N4O. The first-order valence-corrected chi connectivity index (χ1v) is 7.07. The predicted molar refractivity (Wildman–Crippen MR) is 88.9 cm³/mol. The van der Waals surface area contributed by atoms with Crippen LogP contribution in [-0.4, -0.2) is 21.3 Å². The number of benzene rings is 1. The van der Waals surface area contributed by atoms with Crippen LogP contribution in [0.3, 0.4) is 0 Å². The molecule has 0 unspecified atom stereocenters. The van der Waals surface area contributed by atoms with E-state index >= 15 is 0 Å². The molecule has 0 aliphatic rings. The van der Waals surface area contributed by atoms with E-state index in [4.69, 9.17) is 23.2 Å². The Kier molecular flexibility index (Phi) is 4.09. The van der Waals surface area contributed by atoms with Gasteiger partial charge in [-0.3, -0.25) is 10.4 Å². The number of phenolic OH excluding ortho intramolecular Hbond substituents is 1. The number of aromatic hydroxyl groups is 1. The van der Waals surface area contributed by atoms with Crippen LogP contribution in [0.15, 0.2) is 47.8 Å². The van der Waals surface area contributed by atoms with Crippen molar-refractivity contribution in [3.8, 4) is 5.75 Å². The number of hydrogen-bond donors (Lipinski definition) is 2. The van der Waals surface area contributed by atoms with E-state index in [0.29, 0.717) is 21.7 Å². The zero-order valence-electron chi connectivity index (χ0n) is 11.2. The molecule has 5 nitrogen and oxygen atoms in total. The summed E-state index contributed by atoms with van der Waals surface area (Å²) < 4.78 is 0. The van der Waals surface area contributed by atoms with Crippen molar-refractivity contribution in [1.82, 2.24) is 9.97 Å². The summed E-state index contributed by atoms with van der Waals surface area (Å²) >= 11 is 12.0. The molecule has 0 spiro atoms. The maximum absolute atomic E-state index is 9.98. The highest BCUT2D eigenvalue weighted by molar-refractivity contribution is 6.39. The van der Waals surface area contributed by atoms with E-state index in [9.17, 15) is 5.11 Å². The first-order valence-electron chi connectivity index (χ1n) is 6.32. The summed E-state index contributed by atoms with van der Waals surface area (Å²) in [5.41, 5.74) is 4.01. The summed E-state index contributed by atoms with van der Waals surface area (Å²) in [5.74, 6) is 0.356. The first-order chi connectivity index (χ1) is 10.6. The fourth-order valence-corrected chi connectivity index (χ4v) is 2.40. The Morgan fingerprint density at radius 1 is 1.09 bits per heavy atom. The third kappa shape index (κ3) is 2.95. The van der Waals surface area contributed by atoms with Crippen LogP contribution < -0.4 is 5.43 Å². The van der Waals surface area contributed by atoms with Gasteiger partial charge in [0.2, 0.25) is 0 Å². The van der Waals surface area contributed by atoms with Crippen molar-refractivity contribution < 1.29 is 5.11 Å². The molecule has 22 heavy (non-hydrogen) atoms. The van der Waals surface area contributed by atoms with E-state index in [1.807, 2.05) is 12.1 Å². The average Bonchev–Trinajstić information content (AvgIpc) is 2.54. The molecule has 2 N–H and O–H groups in total. The van der Waals surface area contributed by atoms with Gasteiger partial charge in [-0.25, -0.2) is 4.98 Å². The standard InChI is InChI=1S/C15H10Cl2N4O/c16-11-7-12(17)15(22)14-10(11)1-2-13(20-14)21-19-8-9-3-5-18-6-4-9/h1-8,22H,(H,20,21)/b19-8-. The fraction of sp³-hybridized carbons (Fsp3) is 0. The third-order valence-electron chi connectivity index (χ3n) is 2.96. The molecule has 1 aromatic carbocycles. The van der Waals surface area contributed by atoms with Gasteiger partial charge in [0.1, 0.15) is 11.3 Å². The third-order valence-corrected chi connectivity index (χ3v) is 3.56. The molecule has 0 bridgehead atoms. The lowest BCUT2D eigenvalue weighted by Gasteiger charge is -2.06. The number of rotatable bonds is 3. The Morgan fingerprint density at radius 3 is 2.64 bits per heavy atom. The lowest BCUT2D eigenvalue weighted by atomic mass is 10.2. The summed E-state index contributed by atoms with van der Waals surface area (Å²) in [6, 6.07) is 8.59. The molecule has 2 heterocycles. The predicted octanol–water partition coefficient (Wildman–Crippen LogP) is 4.09. The Balaban J connectivity index is 1.89. The maximum Gasteiger partial charge on any atom is 0.160 e. The molecule has 3 rings (SSSR count). The van der Waals surface area contributed by atoms with Crippen molar-refractivity contribution in [2.24, 2.45) is 5.10 Å². The number of aromatic nitrogens is 2. The van der Waals surface area contributed by atoms with E-state index in [1.165, 1.54) is 6.07 Å². The monoisotopic (exact) mass is 332 g/mol. The van der Waals surface area contributed by atoms with Gasteiger partial charge >= 0.3 is 0 Å². The van der Waals surface area contributed by atoms with Crippen LogP contribution in [0.5, 0.6) is 5.75 Å². The minimum atomic E-state index is -0.108. The number of hydrogen-bond acceptors (Lipinski definition) is 5. The summed E-state index contributed by atoms with van der Waals surface area (Å²) in [6.07, 6.45) is 4.99. The van der Waals surface area contributed by atoms with Crippen LogP contribution in [0.2, 0.25) is 10.0 Å².